The highest BCUT2D eigenvalue weighted by Crippen LogP contribution is 2.19. The van der Waals surface area contributed by atoms with Crippen LogP contribution in [0.15, 0.2) is 0 Å². The van der Waals surface area contributed by atoms with E-state index in [0.29, 0.717) is 25.9 Å². The number of aliphatic hydroxyl groups is 2. The second kappa shape index (κ2) is 65.4. The highest BCUT2D eigenvalue weighted by Gasteiger charge is 2.20. The number of hydrogen-bond acceptors (Lipinski definition) is 5. The van der Waals surface area contributed by atoms with Crippen LogP contribution >= 0.6 is 0 Å². The van der Waals surface area contributed by atoms with E-state index in [-0.39, 0.29) is 18.5 Å². The molecule has 0 saturated carbocycles. The second-order valence-corrected chi connectivity index (χ2v) is 24.2. The van der Waals surface area contributed by atoms with Crippen molar-refractivity contribution in [2.75, 3.05) is 13.2 Å². The van der Waals surface area contributed by atoms with E-state index in [1.54, 1.807) is 0 Å². The number of ether oxygens (including phenoxy) is 1. The Labute approximate surface area is 470 Å². The predicted octanol–water partition coefficient (Wildman–Crippen LogP) is 22.2. The van der Waals surface area contributed by atoms with Gasteiger partial charge >= 0.3 is 5.97 Å². The number of nitrogens with one attached hydrogen (secondary N) is 1. The molecular weight excluding hydrogens is 923 g/mol. The van der Waals surface area contributed by atoms with Crippen molar-refractivity contribution < 1.29 is 24.5 Å². The number of unbranched alkanes of at least 4 members (excludes halogenated alkanes) is 55. The Balaban J connectivity index is 3.38. The maximum atomic E-state index is 12.5. The first-order valence-electron chi connectivity index (χ1n) is 34.8. The van der Waals surface area contributed by atoms with Gasteiger partial charge in [-0.3, -0.25) is 9.59 Å². The molecule has 6 nitrogen and oxygen atoms in total. The van der Waals surface area contributed by atoms with Crippen LogP contribution in [0.5, 0.6) is 0 Å². The molecule has 0 aromatic rings. The molecule has 6 heteroatoms. The molecule has 0 aromatic heterocycles. The van der Waals surface area contributed by atoms with Crippen LogP contribution in [-0.4, -0.2) is 47.4 Å². The summed E-state index contributed by atoms with van der Waals surface area (Å²) in [4.78, 5) is 24.7. The van der Waals surface area contributed by atoms with Gasteiger partial charge in [-0.15, -0.1) is 0 Å². The summed E-state index contributed by atoms with van der Waals surface area (Å²) in [5.74, 6) is -0.0231. The van der Waals surface area contributed by atoms with Gasteiger partial charge in [-0.2, -0.15) is 0 Å². The maximum absolute atomic E-state index is 12.5. The van der Waals surface area contributed by atoms with E-state index < -0.39 is 12.1 Å². The first-order chi connectivity index (χ1) is 37.0. The van der Waals surface area contributed by atoms with Crippen molar-refractivity contribution in [3.8, 4) is 0 Å². The minimum atomic E-state index is -0.668. The van der Waals surface area contributed by atoms with Crippen molar-refractivity contribution in [2.45, 2.75) is 418 Å². The van der Waals surface area contributed by atoms with E-state index in [4.69, 9.17) is 4.74 Å². The minimum absolute atomic E-state index is 0.0112. The standard InChI is InChI=1S/C69H137NO5/c1-3-5-7-9-11-13-15-17-19-21-22-23-24-25-26-27-30-33-37-41-45-49-53-57-61-67(72)66(65-71)70-68(73)62-58-54-50-46-42-38-34-31-28-32-36-40-44-48-52-56-60-64-75-69(74)63-59-55-51-47-43-39-35-29-20-18-16-14-12-10-8-6-4-2/h66-67,71-72H,3-65H2,1-2H3,(H,70,73). The Morgan fingerprint density at radius 1 is 0.320 bits per heavy atom. The zero-order chi connectivity index (χ0) is 54.3. The van der Waals surface area contributed by atoms with Crippen LogP contribution in [0.3, 0.4) is 0 Å². The van der Waals surface area contributed by atoms with Gasteiger partial charge in [0.15, 0.2) is 0 Å². The van der Waals surface area contributed by atoms with Crippen LogP contribution in [0.2, 0.25) is 0 Å². The summed E-state index contributed by atoms with van der Waals surface area (Å²) < 4.78 is 5.50. The van der Waals surface area contributed by atoms with Crippen molar-refractivity contribution in [1.29, 1.82) is 0 Å². The Hall–Kier alpha value is -1.14. The van der Waals surface area contributed by atoms with Gasteiger partial charge in [0.05, 0.1) is 25.4 Å². The zero-order valence-electron chi connectivity index (χ0n) is 51.3. The SMILES string of the molecule is CCCCCCCCCCCCCCCCCCCCCCCCCCC(O)C(CO)NC(=O)CCCCCCCCCCCCCCCCCCCOC(=O)CCCCCCCCCCCCCCCCCCC. The molecule has 0 spiro atoms. The molecule has 0 fully saturated rings. The molecule has 2 atom stereocenters. The summed E-state index contributed by atoms with van der Waals surface area (Å²) in [7, 11) is 0. The molecule has 448 valence electrons. The van der Waals surface area contributed by atoms with Crippen molar-refractivity contribution in [2.24, 2.45) is 0 Å². The number of aliphatic hydroxyl groups excluding tert-OH is 2. The Morgan fingerprint density at radius 2 is 0.547 bits per heavy atom. The fourth-order valence-corrected chi connectivity index (χ4v) is 11.4. The zero-order valence-corrected chi connectivity index (χ0v) is 51.3. The Morgan fingerprint density at radius 3 is 0.813 bits per heavy atom. The predicted molar refractivity (Wildman–Crippen MR) is 329 cm³/mol. The number of carbonyl (C=O) groups is 2. The van der Waals surface area contributed by atoms with Crippen LogP contribution in [0.1, 0.15) is 406 Å². The molecule has 0 aliphatic carbocycles. The third-order valence-corrected chi connectivity index (χ3v) is 16.7. The topological polar surface area (TPSA) is 95.9 Å². The largest absolute Gasteiger partial charge is 0.466 e. The van der Waals surface area contributed by atoms with Gasteiger partial charge in [0.25, 0.3) is 0 Å². The van der Waals surface area contributed by atoms with Gasteiger partial charge in [0.2, 0.25) is 5.91 Å². The first kappa shape index (κ1) is 73.9. The highest BCUT2D eigenvalue weighted by molar-refractivity contribution is 5.76. The van der Waals surface area contributed by atoms with E-state index in [1.807, 2.05) is 0 Å². The molecule has 0 bridgehead atoms. The lowest BCUT2D eigenvalue weighted by Crippen LogP contribution is -2.45. The average Bonchev–Trinajstić information content (AvgIpc) is 3.41. The van der Waals surface area contributed by atoms with Gasteiger partial charge in [-0.25, -0.2) is 0 Å². The van der Waals surface area contributed by atoms with Crippen LogP contribution < -0.4 is 5.32 Å². The number of hydrogen-bond donors (Lipinski definition) is 3. The van der Waals surface area contributed by atoms with Gasteiger partial charge in [0, 0.05) is 12.8 Å². The van der Waals surface area contributed by atoms with Crippen LogP contribution in [0.4, 0.5) is 0 Å². The third-order valence-electron chi connectivity index (χ3n) is 16.7. The van der Waals surface area contributed by atoms with Crippen LogP contribution in [0, 0.1) is 0 Å². The maximum Gasteiger partial charge on any atom is 0.305 e. The van der Waals surface area contributed by atoms with E-state index in [9.17, 15) is 19.8 Å². The molecular formula is C69H137NO5. The molecule has 0 rings (SSSR count). The van der Waals surface area contributed by atoms with Gasteiger partial charge in [-0.1, -0.05) is 367 Å². The van der Waals surface area contributed by atoms with Crippen molar-refractivity contribution in [3.05, 3.63) is 0 Å². The monoisotopic (exact) mass is 1060 g/mol. The number of esters is 1. The van der Waals surface area contributed by atoms with E-state index >= 15 is 0 Å². The molecule has 2 unspecified atom stereocenters. The fraction of sp³-hybridized carbons (Fsp3) is 0.971. The summed E-state index contributed by atoms with van der Waals surface area (Å²) >= 11 is 0. The molecule has 0 heterocycles. The van der Waals surface area contributed by atoms with Gasteiger partial charge < -0.3 is 20.3 Å². The smallest absolute Gasteiger partial charge is 0.305 e. The molecule has 0 saturated heterocycles. The normalized spacial score (nSPS) is 12.4. The molecule has 0 radical (unpaired) electrons. The quantitative estimate of drug-likeness (QED) is 0.0417. The summed E-state index contributed by atoms with van der Waals surface area (Å²) in [6.07, 6.45) is 78.5. The van der Waals surface area contributed by atoms with Crippen LogP contribution in [0.25, 0.3) is 0 Å². The molecule has 0 aliphatic rings. The average molecular weight is 1060 g/mol. The molecule has 0 aliphatic heterocycles. The van der Waals surface area contributed by atoms with Crippen LogP contribution in [-0.2, 0) is 14.3 Å². The Kier molecular flexibility index (Phi) is 64.4. The van der Waals surface area contributed by atoms with Crippen molar-refractivity contribution >= 4 is 11.9 Å². The lowest BCUT2D eigenvalue weighted by molar-refractivity contribution is -0.143. The minimum Gasteiger partial charge on any atom is -0.466 e. The van der Waals surface area contributed by atoms with Crippen molar-refractivity contribution in [1.82, 2.24) is 5.32 Å². The molecule has 75 heavy (non-hydrogen) atoms. The second-order valence-electron chi connectivity index (χ2n) is 24.2. The summed E-state index contributed by atoms with van der Waals surface area (Å²) in [5, 5.41) is 23.4. The lowest BCUT2D eigenvalue weighted by Gasteiger charge is -2.22. The number of carbonyl (C=O) groups excluding carboxylic acids is 2. The van der Waals surface area contributed by atoms with Gasteiger partial charge in [0.1, 0.15) is 0 Å². The van der Waals surface area contributed by atoms with Crippen molar-refractivity contribution in [3.63, 3.8) is 0 Å². The molecule has 1 amide bonds. The Bertz CT molecular complexity index is 1080. The highest BCUT2D eigenvalue weighted by atomic mass is 16.5. The summed E-state index contributed by atoms with van der Waals surface area (Å²) in [6.45, 7) is 5.00. The lowest BCUT2D eigenvalue weighted by atomic mass is 10.0. The summed E-state index contributed by atoms with van der Waals surface area (Å²) in [5.41, 5.74) is 0. The van der Waals surface area contributed by atoms with E-state index in [1.165, 1.54) is 334 Å². The first-order valence-corrected chi connectivity index (χ1v) is 34.8. The molecule has 3 N–H and O–H groups in total. The van der Waals surface area contributed by atoms with E-state index in [2.05, 4.69) is 19.2 Å². The number of rotatable bonds is 66. The summed E-state index contributed by atoms with van der Waals surface area (Å²) in [6, 6.07) is -0.546. The molecule has 0 aromatic carbocycles. The fourth-order valence-electron chi connectivity index (χ4n) is 11.4. The van der Waals surface area contributed by atoms with E-state index in [0.717, 1.165) is 38.5 Å². The number of amides is 1. The third kappa shape index (κ3) is 61.9. The van der Waals surface area contributed by atoms with Gasteiger partial charge in [-0.05, 0) is 25.7 Å².